The Labute approximate surface area is 166 Å². The third-order valence-electron chi connectivity index (χ3n) is 5.82. The van der Waals surface area contributed by atoms with Crippen LogP contribution in [0.25, 0.3) is 11.4 Å². The van der Waals surface area contributed by atoms with Gasteiger partial charge in [-0.2, -0.15) is 13.2 Å². The van der Waals surface area contributed by atoms with E-state index in [1.807, 2.05) is 0 Å². The van der Waals surface area contributed by atoms with Gasteiger partial charge in [-0.05, 0) is 25.0 Å². The number of carbonyl (C=O) groups excluding carboxylic acids is 1. The van der Waals surface area contributed by atoms with Crippen LogP contribution in [-0.2, 0) is 23.9 Å². The summed E-state index contributed by atoms with van der Waals surface area (Å²) in [6.45, 7) is 0.742. The molecule has 1 amide bonds. The minimum atomic E-state index is -4.41. The van der Waals surface area contributed by atoms with Crippen molar-refractivity contribution in [3.63, 3.8) is 0 Å². The van der Waals surface area contributed by atoms with Crippen molar-refractivity contribution in [3.05, 3.63) is 51.4 Å². The normalized spacial score (nSPS) is 17.8. The Balaban J connectivity index is 1.55. The Morgan fingerprint density at radius 3 is 2.45 bits per heavy atom. The number of H-pyrrole nitrogens is 1. The molecule has 0 unspecified atom stereocenters. The van der Waals surface area contributed by atoms with Gasteiger partial charge in [-0.25, -0.2) is 4.98 Å². The molecule has 29 heavy (non-hydrogen) atoms. The van der Waals surface area contributed by atoms with E-state index in [0.29, 0.717) is 29.8 Å². The van der Waals surface area contributed by atoms with Gasteiger partial charge in [-0.1, -0.05) is 31.4 Å². The van der Waals surface area contributed by atoms with Gasteiger partial charge in [0.25, 0.3) is 5.56 Å². The lowest BCUT2D eigenvalue weighted by atomic mass is 9.88. The maximum atomic E-state index is 12.8. The highest BCUT2D eigenvalue weighted by molar-refractivity contribution is 5.79. The molecule has 1 aliphatic carbocycles. The smallest absolute Gasteiger partial charge is 0.337 e. The molecular weight excluding hydrogens is 383 g/mol. The quantitative estimate of drug-likeness (QED) is 0.824. The van der Waals surface area contributed by atoms with Crippen LogP contribution in [0.3, 0.4) is 0 Å². The number of carbonyl (C=O) groups is 1. The van der Waals surface area contributed by atoms with Gasteiger partial charge in [0.15, 0.2) is 0 Å². The summed E-state index contributed by atoms with van der Waals surface area (Å²) in [7, 11) is 0. The molecule has 1 fully saturated rings. The fourth-order valence-corrected chi connectivity index (χ4v) is 4.17. The second-order valence-electron chi connectivity index (χ2n) is 7.76. The first-order chi connectivity index (χ1) is 13.8. The number of hydrogen-bond donors (Lipinski definition) is 1. The van der Waals surface area contributed by atoms with Crippen LogP contribution < -0.4 is 5.56 Å². The molecule has 0 saturated heterocycles. The summed E-state index contributed by atoms with van der Waals surface area (Å²) in [6, 6.07) is 4.54. The average Bonchev–Trinajstić information content (AvgIpc) is 2.73. The zero-order valence-corrected chi connectivity index (χ0v) is 15.9. The van der Waals surface area contributed by atoms with E-state index in [1.54, 1.807) is 4.90 Å². The Morgan fingerprint density at radius 1 is 1.10 bits per heavy atom. The molecular formula is C21H22F3N3O2. The van der Waals surface area contributed by atoms with Gasteiger partial charge in [0, 0.05) is 24.4 Å². The molecule has 2 aliphatic rings. The largest absolute Gasteiger partial charge is 0.416 e. The van der Waals surface area contributed by atoms with Crippen molar-refractivity contribution in [3.8, 4) is 11.4 Å². The highest BCUT2D eigenvalue weighted by atomic mass is 19.4. The predicted molar refractivity (Wildman–Crippen MR) is 101 cm³/mol. The van der Waals surface area contributed by atoms with E-state index >= 15 is 0 Å². The van der Waals surface area contributed by atoms with Crippen LogP contribution in [0.5, 0.6) is 0 Å². The molecule has 5 nitrogen and oxygen atoms in total. The number of amides is 1. The standard InChI is InChI=1S/C21H22F3N3O2/c22-21(23,24)15-8-6-13(7-9-15)18-25-17-10-11-27(12-16(17)19(28)26-18)20(29)14-4-2-1-3-5-14/h6-9,14H,1-5,10-12H2,(H,25,26,28). The number of fused-ring (bicyclic) bond motifs is 1. The number of aromatic nitrogens is 2. The van der Waals surface area contributed by atoms with Crippen LogP contribution in [0.2, 0.25) is 0 Å². The monoisotopic (exact) mass is 405 g/mol. The lowest BCUT2D eigenvalue weighted by molar-refractivity contribution is -0.138. The van der Waals surface area contributed by atoms with Crippen molar-refractivity contribution in [2.45, 2.75) is 51.2 Å². The molecule has 1 saturated carbocycles. The number of nitrogens with one attached hydrogen (secondary N) is 1. The lowest BCUT2D eigenvalue weighted by Crippen LogP contribution is -2.42. The Morgan fingerprint density at radius 2 is 1.79 bits per heavy atom. The van der Waals surface area contributed by atoms with E-state index in [4.69, 9.17) is 0 Å². The van der Waals surface area contributed by atoms with Crippen molar-refractivity contribution in [1.29, 1.82) is 0 Å². The summed E-state index contributed by atoms with van der Waals surface area (Å²) >= 11 is 0. The Kier molecular flexibility index (Phi) is 5.19. The zero-order valence-electron chi connectivity index (χ0n) is 15.9. The molecule has 4 rings (SSSR count). The first kappa shape index (κ1) is 19.7. The van der Waals surface area contributed by atoms with E-state index in [-0.39, 0.29) is 29.8 Å². The van der Waals surface area contributed by atoms with Crippen molar-refractivity contribution in [1.82, 2.24) is 14.9 Å². The topological polar surface area (TPSA) is 66.1 Å². The number of nitrogens with zero attached hydrogens (tertiary/aromatic N) is 2. The van der Waals surface area contributed by atoms with Gasteiger partial charge in [0.1, 0.15) is 5.82 Å². The minimum Gasteiger partial charge on any atom is -0.337 e. The molecule has 154 valence electrons. The van der Waals surface area contributed by atoms with E-state index in [0.717, 1.165) is 37.8 Å². The zero-order chi connectivity index (χ0) is 20.6. The minimum absolute atomic E-state index is 0.0451. The van der Waals surface area contributed by atoms with Gasteiger partial charge in [-0.15, -0.1) is 0 Å². The van der Waals surface area contributed by atoms with Crippen LogP contribution in [0, 0.1) is 5.92 Å². The SMILES string of the molecule is O=C(C1CCCCC1)N1CCc2nc(-c3ccc(C(F)(F)F)cc3)[nH]c(=O)c2C1. The summed E-state index contributed by atoms with van der Waals surface area (Å²) in [4.78, 5) is 34.3. The molecule has 2 heterocycles. The molecule has 0 bridgehead atoms. The van der Waals surface area contributed by atoms with E-state index in [1.165, 1.54) is 18.6 Å². The fraction of sp³-hybridized carbons (Fsp3) is 0.476. The number of rotatable bonds is 2. The van der Waals surface area contributed by atoms with Gasteiger partial charge in [-0.3, -0.25) is 9.59 Å². The number of benzene rings is 1. The van der Waals surface area contributed by atoms with Crippen LogP contribution >= 0.6 is 0 Å². The van der Waals surface area contributed by atoms with Crippen LogP contribution in [0.1, 0.15) is 48.9 Å². The summed E-state index contributed by atoms with van der Waals surface area (Å²) in [5, 5.41) is 0. The molecule has 2 aromatic rings. The van der Waals surface area contributed by atoms with E-state index in [2.05, 4.69) is 9.97 Å². The van der Waals surface area contributed by atoms with Crippen LogP contribution in [-0.4, -0.2) is 27.3 Å². The summed E-state index contributed by atoms with van der Waals surface area (Å²) in [5.74, 6) is 0.403. The van der Waals surface area contributed by atoms with Gasteiger partial charge < -0.3 is 9.88 Å². The number of aromatic amines is 1. The van der Waals surface area contributed by atoms with Crippen molar-refractivity contribution in [2.75, 3.05) is 6.54 Å². The maximum absolute atomic E-state index is 12.8. The molecule has 0 radical (unpaired) electrons. The van der Waals surface area contributed by atoms with Crippen LogP contribution in [0.4, 0.5) is 13.2 Å². The molecule has 0 spiro atoms. The highest BCUT2D eigenvalue weighted by Crippen LogP contribution is 2.31. The van der Waals surface area contributed by atoms with E-state index < -0.39 is 11.7 Å². The van der Waals surface area contributed by atoms with Crippen molar-refractivity contribution in [2.24, 2.45) is 5.92 Å². The van der Waals surface area contributed by atoms with Gasteiger partial charge in [0.05, 0.1) is 23.4 Å². The first-order valence-corrected chi connectivity index (χ1v) is 9.91. The summed E-state index contributed by atoms with van der Waals surface area (Å²) < 4.78 is 38.2. The third kappa shape index (κ3) is 4.06. The Bertz CT molecular complexity index is 961. The third-order valence-corrected chi connectivity index (χ3v) is 5.82. The predicted octanol–water partition coefficient (Wildman–Crippen LogP) is 3.92. The van der Waals surface area contributed by atoms with Crippen LogP contribution in [0.15, 0.2) is 29.1 Å². The van der Waals surface area contributed by atoms with Gasteiger partial charge in [0.2, 0.25) is 5.91 Å². The number of hydrogen-bond acceptors (Lipinski definition) is 3. The number of halogens is 3. The van der Waals surface area contributed by atoms with E-state index in [9.17, 15) is 22.8 Å². The van der Waals surface area contributed by atoms with Crippen molar-refractivity contribution >= 4 is 5.91 Å². The number of alkyl halides is 3. The molecule has 1 aromatic heterocycles. The average molecular weight is 405 g/mol. The summed E-state index contributed by atoms with van der Waals surface area (Å²) in [5.41, 5.74) is 0.399. The fourth-order valence-electron chi connectivity index (χ4n) is 4.17. The molecule has 8 heteroatoms. The molecule has 1 aromatic carbocycles. The molecule has 0 atom stereocenters. The Hall–Kier alpha value is -2.64. The molecule has 1 aliphatic heterocycles. The van der Waals surface area contributed by atoms with Crippen molar-refractivity contribution < 1.29 is 18.0 Å². The second-order valence-corrected chi connectivity index (χ2v) is 7.76. The highest BCUT2D eigenvalue weighted by Gasteiger charge is 2.31. The second kappa shape index (κ2) is 7.65. The maximum Gasteiger partial charge on any atom is 0.416 e. The van der Waals surface area contributed by atoms with Gasteiger partial charge >= 0.3 is 6.18 Å². The first-order valence-electron chi connectivity index (χ1n) is 9.91. The molecule has 1 N–H and O–H groups in total. The summed E-state index contributed by atoms with van der Waals surface area (Å²) in [6.07, 6.45) is 1.17. The lowest BCUT2D eigenvalue weighted by Gasteiger charge is -2.32.